The van der Waals surface area contributed by atoms with Crippen molar-refractivity contribution < 1.29 is 4.39 Å². The maximum atomic E-state index is 11.6. The van der Waals surface area contributed by atoms with Crippen LogP contribution in [0.1, 0.15) is 0 Å². The van der Waals surface area contributed by atoms with Gasteiger partial charge in [-0.05, 0) is 0 Å². The minimum atomic E-state index is -0.411. The third kappa shape index (κ3) is 1.82. The van der Waals surface area contributed by atoms with Gasteiger partial charge in [0.05, 0.1) is 13.1 Å². The molecule has 0 spiro atoms. The molecule has 0 bridgehead atoms. The standard InChI is InChI=1S/C5H6ClFN2/c6-5-3-8-9(4-5)2-1-7/h4-5H,1-2H2. The molecule has 0 aliphatic carbocycles. The van der Waals surface area contributed by atoms with Gasteiger partial charge >= 0.3 is 0 Å². The smallest absolute Gasteiger partial charge is 0.109 e. The van der Waals surface area contributed by atoms with Crippen LogP contribution in [-0.2, 0) is 0 Å². The molecule has 1 unspecified atom stereocenters. The molecular formula is C5H6ClFN2. The van der Waals surface area contributed by atoms with E-state index in [9.17, 15) is 4.39 Å². The summed E-state index contributed by atoms with van der Waals surface area (Å²) >= 11 is 5.52. The molecule has 1 heterocycles. The molecule has 2 nitrogen and oxygen atoms in total. The highest BCUT2D eigenvalue weighted by Gasteiger charge is 2.15. The molecule has 0 fully saturated rings. The van der Waals surface area contributed by atoms with Crippen molar-refractivity contribution in [2.45, 2.75) is 5.38 Å². The minimum absolute atomic E-state index is 0.274. The Kier molecular flexibility index (Phi) is 2.28. The molecule has 4 heteroatoms. The first-order valence-electron chi connectivity index (χ1n) is 2.61. The normalized spacial score (nSPS) is 25.6. The highest BCUT2D eigenvalue weighted by Crippen LogP contribution is 2.10. The van der Waals surface area contributed by atoms with E-state index in [1.54, 1.807) is 6.54 Å². The zero-order valence-electron chi connectivity index (χ0n) is 4.72. The van der Waals surface area contributed by atoms with Gasteiger partial charge in [0.15, 0.2) is 0 Å². The summed E-state index contributed by atoms with van der Waals surface area (Å²) in [6.07, 6.45) is 2.55. The second kappa shape index (κ2) is 3.01. The summed E-state index contributed by atoms with van der Waals surface area (Å²) in [5, 5.41) is 4.82. The molecule has 1 rings (SSSR count). The van der Waals surface area contributed by atoms with Gasteiger partial charge in [-0.25, -0.2) is 4.39 Å². The summed E-state index contributed by atoms with van der Waals surface area (Å²) in [6.45, 7) is 1.47. The van der Waals surface area contributed by atoms with Gasteiger partial charge in [-0.1, -0.05) is 0 Å². The van der Waals surface area contributed by atoms with E-state index in [4.69, 9.17) is 11.6 Å². The number of rotatable bonds is 2. The maximum Gasteiger partial charge on any atom is 0.109 e. The third-order valence-electron chi connectivity index (χ3n) is 0.926. The Bertz CT molecular complexity index is 118. The molecule has 0 saturated carbocycles. The number of alkyl halides is 2. The fourth-order valence-corrected chi connectivity index (χ4v) is 0.732. The van der Waals surface area contributed by atoms with Crippen molar-refractivity contribution in [2.75, 3.05) is 13.2 Å². The molecular weight excluding hydrogens is 143 g/mol. The predicted molar refractivity (Wildman–Crippen MR) is 34.1 cm³/mol. The van der Waals surface area contributed by atoms with Crippen LogP contribution >= 0.6 is 11.6 Å². The SMILES string of the molecule is FCCN1[CH]C(Cl)[C]=N1. The Labute approximate surface area is 58.3 Å². The van der Waals surface area contributed by atoms with Gasteiger partial charge in [-0.15, -0.1) is 11.6 Å². The molecule has 9 heavy (non-hydrogen) atoms. The molecule has 1 atom stereocenters. The van der Waals surface area contributed by atoms with Gasteiger partial charge < -0.3 is 0 Å². The minimum Gasteiger partial charge on any atom is -0.287 e. The van der Waals surface area contributed by atoms with Crippen LogP contribution in [0.25, 0.3) is 0 Å². The van der Waals surface area contributed by atoms with E-state index in [1.165, 1.54) is 5.01 Å². The summed E-state index contributed by atoms with van der Waals surface area (Å²) in [5.41, 5.74) is 0. The third-order valence-corrected chi connectivity index (χ3v) is 1.14. The molecule has 0 aromatic rings. The summed E-state index contributed by atoms with van der Waals surface area (Å²) in [7, 11) is 0. The van der Waals surface area contributed by atoms with E-state index in [1.807, 2.05) is 0 Å². The van der Waals surface area contributed by atoms with Gasteiger partial charge in [0.2, 0.25) is 0 Å². The fraction of sp³-hybridized carbons (Fsp3) is 0.600. The van der Waals surface area contributed by atoms with E-state index in [0.717, 1.165) is 0 Å². The van der Waals surface area contributed by atoms with Crippen LogP contribution in [0.15, 0.2) is 5.10 Å². The Morgan fingerprint density at radius 2 is 2.67 bits per heavy atom. The quantitative estimate of drug-likeness (QED) is 0.532. The van der Waals surface area contributed by atoms with E-state index < -0.39 is 6.67 Å². The van der Waals surface area contributed by atoms with Crippen molar-refractivity contribution in [3.63, 3.8) is 0 Å². The summed E-state index contributed by atoms with van der Waals surface area (Å²) in [4.78, 5) is 0. The highest BCUT2D eigenvalue weighted by molar-refractivity contribution is 6.29. The number of nitrogens with zero attached hydrogens (tertiary/aromatic N) is 2. The van der Waals surface area contributed by atoms with Crippen LogP contribution in [0.5, 0.6) is 0 Å². The van der Waals surface area contributed by atoms with Crippen LogP contribution in [0, 0.1) is 6.54 Å². The maximum absolute atomic E-state index is 11.6. The van der Waals surface area contributed by atoms with E-state index in [0.29, 0.717) is 0 Å². The summed E-state index contributed by atoms with van der Waals surface area (Å²) < 4.78 is 11.6. The molecule has 0 aromatic carbocycles. The molecule has 0 amide bonds. The number of hydrogen-bond acceptors (Lipinski definition) is 2. The van der Waals surface area contributed by atoms with Crippen molar-refractivity contribution in [3.05, 3.63) is 6.54 Å². The monoisotopic (exact) mass is 148 g/mol. The first-order chi connectivity index (χ1) is 4.33. The van der Waals surface area contributed by atoms with Crippen LogP contribution in [0.3, 0.4) is 0 Å². The Morgan fingerprint density at radius 3 is 3.11 bits per heavy atom. The van der Waals surface area contributed by atoms with Crippen LogP contribution in [0.2, 0.25) is 0 Å². The van der Waals surface area contributed by atoms with Gasteiger partial charge in [0.25, 0.3) is 0 Å². The highest BCUT2D eigenvalue weighted by atomic mass is 35.5. The van der Waals surface area contributed by atoms with Crippen LogP contribution in [-0.4, -0.2) is 29.8 Å². The largest absolute Gasteiger partial charge is 0.287 e. The molecule has 2 radical (unpaired) electrons. The second-order valence-corrected chi connectivity index (χ2v) is 2.10. The molecule has 0 saturated heterocycles. The van der Waals surface area contributed by atoms with Crippen LogP contribution in [0.4, 0.5) is 4.39 Å². The number of hydrazone groups is 1. The summed E-state index contributed by atoms with van der Waals surface area (Å²) in [6, 6.07) is 0. The van der Waals surface area contributed by atoms with Crippen LogP contribution < -0.4 is 0 Å². The Morgan fingerprint density at radius 1 is 1.89 bits per heavy atom. The Balaban J connectivity index is 2.24. The Hall–Kier alpha value is -0.310. The van der Waals surface area contributed by atoms with Gasteiger partial charge in [-0.2, -0.15) is 5.10 Å². The molecule has 50 valence electrons. The molecule has 0 aromatic heterocycles. The van der Waals surface area contributed by atoms with Gasteiger partial charge in [0, 0.05) is 0 Å². The first kappa shape index (κ1) is 6.81. The zero-order chi connectivity index (χ0) is 6.69. The fourth-order valence-electron chi connectivity index (χ4n) is 0.558. The van der Waals surface area contributed by atoms with Crippen molar-refractivity contribution in [1.82, 2.24) is 5.01 Å². The summed E-state index contributed by atoms with van der Waals surface area (Å²) in [5.74, 6) is 0. The van der Waals surface area contributed by atoms with Crippen molar-refractivity contribution in [1.29, 1.82) is 0 Å². The van der Waals surface area contributed by atoms with Gasteiger partial charge in [-0.3, -0.25) is 5.01 Å². The zero-order valence-corrected chi connectivity index (χ0v) is 5.48. The molecule has 0 N–H and O–H groups in total. The first-order valence-corrected chi connectivity index (χ1v) is 3.04. The predicted octanol–water partition coefficient (Wildman–Crippen LogP) is 0.903. The van der Waals surface area contributed by atoms with Crippen molar-refractivity contribution in [3.8, 4) is 0 Å². The number of hydrogen-bond donors (Lipinski definition) is 0. The molecule has 1 aliphatic rings. The lowest BCUT2D eigenvalue weighted by molar-refractivity contribution is 0.321. The van der Waals surface area contributed by atoms with E-state index >= 15 is 0 Å². The molecule has 1 aliphatic heterocycles. The topological polar surface area (TPSA) is 15.6 Å². The van der Waals surface area contributed by atoms with Crippen molar-refractivity contribution >= 4 is 17.8 Å². The van der Waals surface area contributed by atoms with E-state index in [-0.39, 0.29) is 11.9 Å². The van der Waals surface area contributed by atoms with Gasteiger partial charge in [0.1, 0.15) is 18.3 Å². The van der Waals surface area contributed by atoms with Crippen molar-refractivity contribution in [2.24, 2.45) is 5.10 Å². The average Bonchev–Trinajstić information content (AvgIpc) is 2.17. The lowest BCUT2D eigenvalue weighted by atomic mass is 10.5. The average molecular weight is 149 g/mol. The number of halogens is 2. The van der Waals surface area contributed by atoms with E-state index in [2.05, 4.69) is 11.3 Å². The lowest BCUT2D eigenvalue weighted by Gasteiger charge is -2.09. The second-order valence-electron chi connectivity index (χ2n) is 1.63. The lowest BCUT2D eigenvalue weighted by Crippen LogP contribution is -2.15.